The van der Waals surface area contributed by atoms with Gasteiger partial charge in [0, 0.05) is 5.92 Å². The van der Waals surface area contributed by atoms with Crippen LogP contribution < -0.4 is 20.9 Å². The number of benzene rings is 1. The van der Waals surface area contributed by atoms with E-state index < -0.39 is 0 Å². The van der Waals surface area contributed by atoms with Crippen LogP contribution in [0.4, 0.5) is 0 Å². The molecule has 1 aromatic carbocycles. The minimum absolute atomic E-state index is 0.0603. The van der Waals surface area contributed by atoms with E-state index in [1.54, 1.807) is 6.07 Å². The summed E-state index contributed by atoms with van der Waals surface area (Å²) in [4.78, 5) is 23.0. The van der Waals surface area contributed by atoms with Crippen LogP contribution in [0.1, 0.15) is 18.4 Å². The van der Waals surface area contributed by atoms with Crippen LogP contribution in [-0.2, 0) is 9.59 Å². The van der Waals surface area contributed by atoms with Gasteiger partial charge in [-0.25, -0.2) is 0 Å². The Bertz CT molecular complexity index is 558. The van der Waals surface area contributed by atoms with Gasteiger partial charge >= 0.3 is 0 Å². The molecule has 0 atom stereocenters. The molecule has 1 aliphatic rings. The lowest BCUT2D eigenvalue weighted by atomic mass is 10.2. The highest BCUT2D eigenvalue weighted by atomic mass is 32.1. The summed E-state index contributed by atoms with van der Waals surface area (Å²) < 4.78 is 5.33. The molecule has 0 bridgehead atoms. The van der Waals surface area contributed by atoms with Crippen molar-refractivity contribution < 1.29 is 14.3 Å². The van der Waals surface area contributed by atoms with Crippen LogP contribution in [0.25, 0.3) is 0 Å². The Kier molecular flexibility index (Phi) is 5.10. The van der Waals surface area contributed by atoms with Crippen LogP contribution in [-0.4, -0.2) is 23.5 Å². The Hall–Kier alpha value is -2.15. The number of thiocarbonyl (C=S) groups is 1. The zero-order chi connectivity index (χ0) is 15.2. The number of carbonyl (C=O) groups is 2. The van der Waals surface area contributed by atoms with Gasteiger partial charge in [-0.1, -0.05) is 12.1 Å². The predicted octanol–water partition coefficient (Wildman–Crippen LogP) is 0.806. The van der Waals surface area contributed by atoms with Crippen LogP contribution in [0.2, 0.25) is 0 Å². The van der Waals surface area contributed by atoms with Gasteiger partial charge in [0.1, 0.15) is 5.75 Å². The van der Waals surface area contributed by atoms with E-state index in [-0.39, 0.29) is 29.5 Å². The first-order chi connectivity index (χ1) is 10.0. The number of nitrogens with one attached hydrogen (secondary N) is 3. The monoisotopic (exact) mass is 307 g/mol. The zero-order valence-corrected chi connectivity index (χ0v) is 12.5. The van der Waals surface area contributed by atoms with E-state index >= 15 is 0 Å². The number of carbonyl (C=O) groups excluding carboxylic acids is 2. The fourth-order valence-corrected chi connectivity index (χ4v) is 1.76. The van der Waals surface area contributed by atoms with E-state index in [1.807, 2.05) is 25.1 Å². The highest BCUT2D eigenvalue weighted by molar-refractivity contribution is 7.80. The first-order valence-corrected chi connectivity index (χ1v) is 7.04. The van der Waals surface area contributed by atoms with E-state index in [0.29, 0.717) is 5.75 Å². The molecule has 0 radical (unpaired) electrons. The van der Waals surface area contributed by atoms with Gasteiger partial charge in [0.15, 0.2) is 11.7 Å². The van der Waals surface area contributed by atoms with Crippen LogP contribution >= 0.6 is 12.2 Å². The van der Waals surface area contributed by atoms with Crippen molar-refractivity contribution in [3.63, 3.8) is 0 Å². The number of ether oxygens (including phenoxy) is 1. The standard InChI is InChI=1S/C14H17N3O3S/c1-9-3-2-4-11(7-9)20-8-12(18)16-17-14(21)15-13(19)10-5-6-10/h2-4,7,10H,5-6,8H2,1H3,(H,16,18)(H2,15,17,19,21). The van der Waals surface area contributed by atoms with Gasteiger partial charge < -0.3 is 10.1 Å². The molecule has 2 amide bonds. The van der Waals surface area contributed by atoms with Crippen molar-refractivity contribution in [1.82, 2.24) is 16.2 Å². The summed E-state index contributed by atoms with van der Waals surface area (Å²) in [6.45, 7) is 1.80. The molecule has 0 unspecified atom stereocenters. The summed E-state index contributed by atoms with van der Waals surface area (Å²) in [6, 6.07) is 7.40. The van der Waals surface area contributed by atoms with E-state index in [0.717, 1.165) is 18.4 Å². The summed E-state index contributed by atoms with van der Waals surface area (Å²) in [5.74, 6) is 0.178. The molecule has 3 N–H and O–H groups in total. The van der Waals surface area contributed by atoms with Gasteiger partial charge in [-0.2, -0.15) is 0 Å². The third-order valence-corrected chi connectivity index (χ3v) is 3.06. The normalized spacial score (nSPS) is 13.2. The molecule has 1 aromatic rings. The predicted molar refractivity (Wildman–Crippen MR) is 81.4 cm³/mol. The largest absolute Gasteiger partial charge is 0.484 e. The first-order valence-electron chi connectivity index (χ1n) is 6.64. The van der Waals surface area contributed by atoms with Crippen molar-refractivity contribution in [2.45, 2.75) is 19.8 Å². The van der Waals surface area contributed by atoms with Gasteiger partial charge in [0.05, 0.1) is 0 Å². The third kappa shape index (κ3) is 5.39. The van der Waals surface area contributed by atoms with Gasteiger partial charge in [-0.05, 0) is 49.7 Å². The van der Waals surface area contributed by atoms with Crippen LogP contribution in [0, 0.1) is 12.8 Å². The summed E-state index contributed by atoms with van der Waals surface area (Å²) in [6.07, 6.45) is 1.79. The number of hydrogen-bond donors (Lipinski definition) is 3. The van der Waals surface area contributed by atoms with Crippen molar-refractivity contribution in [3.05, 3.63) is 29.8 Å². The fraction of sp³-hybridized carbons (Fsp3) is 0.357. The minimum atomic E-state index is -0.389. The molecule has 0 aromatic heterocycles. The zero-order valence-electron chi connectivity index (χ0n) is 11.6. The average Bonchev–Trinajstić information content (AvgIpc) is 3.27. The number of aryl methyl sites for hydroxylation is 1. The molecule has 0 spiro atoms. The maximum atomic E-state index is 11.6. The third-order valence-electron chi connectivity index (χ3n) is 2.86. The van der Waals surface area contributed by atoms with Crippen molar-refractivity contribution in [3.8, 4) is 5.75 Å². The molecule has 0 aliphatic heterocycles. The molecular formula is C14H17N3O3S. The molecule has 0 heterocycles. The maximum Gasteiger partial charge on any atom is 0.276 e. The Morgan fingerprint density at radius 2 is 2.10 bits per heavy atom. The molecule has 112 valence electrons. The van der Waals surface area contributed by atoms with Crippen molar-refractivity contribution in [2.24, 2.45) is 5.92 Å². The van der Waals surface area contributed by atoms with E-state index in [4.69, 9.17) is 17.0 Å². The topological polar surface area (TPSA) is 79.5 Å². The number of amides is 2. The number of hydrazine groups is 1. The van der Waals surface area contributed by atoms with Gasteiger partial charge in [0.25, 0.3) is 5.91 Å². The molecule has 0 saturated heterocycles. The summed E-state index contributed by atoms with van der Waals surface area (Å²) in [5, 5.41) is 2.58. The Labute approximate surface area is 128 Å². The Morgan fingerprint density at radius 3 is 2.76 bits per heavy atom. The van der Waals surface area contributed by atoms with Crippen LogP contribution in [0.15, 0.2) is 24.3 Å². The Balaban J connectivity index is 1.65. The molecule has 1 fully saturated rings. The molecule has 6 nitrogen and oxygen atoms in total. The number of rotatable bonds is 4. The van der Waals surface area contributed by atoms with Crippen molar-refractivity contribution in [2.75, 3.05) is 6.61 Å². The van der Waals surface area contributed by atoms with Crippen molar-refractivity contribution in [1.29, 1.82) is 0 Å². The van der Waals surface area contributed by atoms with Gasteiger partial charge in [-0.3, -0.25) is 20.4 Å². The maximum absolute atomic E-state index is 11.6. The van der Waals surface area contributed by atoms with Crippen LogP contribution in [0.5, 0.6) is 5.75 Å². The summed E-state index contributed by atoms with van der Waals surface area (Å²) in [7, 11) is 0. The molecule has 2 rings (SSSR count). The lowest BCUT2D eigenvalue weighted by Gasteiger charge is -2.11. The lowest BCUT2D eigenvalue weighted by molar-refractivity contribution is -0.124. The van der Waals surface area contributed by atoms with E-state index in [2.05, 4.69) is 16.2 Å². The SMILES string of the molecule is Cc1cccc(OCC(=O)NNC(=S)NC(=O)C2CC2)c1. The summed E-state index contributed by atoms with van der Waals surface area (Å²) in [5.41, 5.74) is 5.88. The van der Waals surface area contributed by atoms with Crippen LogP contribution in [0.3, 0.4) is 0 Å². The molecule has 7 heteroatoms. The second-order valence-electron chi connectivity index (χ2n) is 4.87. The first kappa shape index (κ1) is 15.2. The molecular weight excluding hydrogens is 290 g/mol. The van der Waals surface area contributed by atoms with Gasteiger partial charge in [-0.15, -0.1) is 0 Å². The molecule has 21 heavy (non-hydrogen) atoms. The lowest BCUT2D eigenvalue weighted by Crippen LogP contribution is -2.50. The highest BCUT2D eigenvalue weighted by Gasteiger charge is 2.30. The fourth-order valence-electron chi connectivity index (χ4n) is 1.61. The second kappa shape index (κ2) is 7.03. The minimum Gasteiger partial charge on any atom is -0.484 e. The van der Waals surface area contributed by atoms with E-state index in [1.165, 1.54) is 0 Å². The smallest absolute Gasteiger partial charge is 0.276 e. The Morgan fingerprint density at radius 1 is 1.33 bits per heavy atom. The second-order valence-corrected chi connectivity index (χ2v) is 5.28. The highest BCUT2D eigenvalue weighted by Crippen LogP contribution is 2.28. The number of hydrogen-bond acceptors (Lipinski definition) is 4. The molecule has 1 aliphatic carbocycles. The van der Waals surface area contributed by atoms with Gasteiger partial charge in [0.2, 0.25) is 5.91 Å². The van der Waals surface area contributed by atoms with E-state index in [9.17, 15) is 9.59 Å². The van der Waals surface area contributed by atoms with Crippen molar-refractivity contribution >= 4 is 29.1 Å². The summed E-state index contributed by atoms with van der Waals surface area (Å²) >= 11 is 4.89. The average molecular weight is 307 g/mol. The molecule has 1 saturated carbocycles. The quantitative estimate of drug-likeness (QED) is 0.566.